The van der Waals surface area contributed by atoms with Gasteiger partial charge in [-0.25, -0.2) is 4.98 Å². The summed E-state index contributed by atoms with van der Waals surface area (Å²) in [6.07, 6.45) is 5.30. The molecule has 0 aliphatic carbocycles. The van der Waals surface area contributed by atoms with Crippen LogP contribution in [0.15, 0.2) is 42.9 Å². The van der Waals surface area contributed by atoms with E-state index in [-0.39, 0.29) is 18.4 Å². The summed E-state index contributed by atoms with van der Waals surface area (Å²) in [6, 6.07) is 7.90. The van der Waals surface area contributed by atoms with Gasteiger partial charge in [-0.15, -0.1) is 0 Å². The number of amides is 1. The van der Waals surface area contributed by atoms with Crippen LogP contribution in [-0.4, -0.2) is 20.4 Å². The van der Waals surface area contributed by atoms with Crippen LogP contribution in [0.4, 0.5) is 5.69 Å². The molecule has 0 atom stereocenters. The van der Waals surface area contributed by atoms with E-state index in [1.807, 2.05) is 35.9 Å². The number of benzene rings is 1. The molecule has 2 aromatic heterocycles. The van der Waals surface area contributed by atoms with Crippen LogP contribution in [0.2, 0.25) is 0 Å². The van der Waals surface area contributed by atoms with E-state index in [9.17, 15) is 4.79 Å². The van der Waals surface area contributed by atoms with Crippen molar-refractivity contribution in [3.63, 3.8) is 0 Å². The van der Waals surface area contributed by atoms with Crippen LogP contribution < -0.4 is 5.32 Å². The number of rotatable bonds is 4. The van der Waals surface area contributed by atoms with Gasteiger partial charge in [0.15, 0.2) is 0 Å². The van der Waals surface area contributed by atoms with Gasteiger partial charge >= 0.3 is 0 Å². The minimum Gasteiger partial charge on any atom is -0.325 e. The SMILES string of the molecule is Cc1cc(NC(=O)Cn2ccnc2C(C)C)c2ncccc2c1. The molecule has 0 spiro atoms. The predicted molar refractivity (Wildman–Crippen MR) is 91.4 cm³/mol. The second-order valence-electron chi connectivity index (χ2n) is 6.00. The zero-order chi connectivity index (χ0) is 16.4. The number of hydrogen-bond donors (Lipinski definition) is 1. The molecule has 3 rings (SSSR count). The normalized spacial score (nSPS) is 11.1. The first-order valence-corrected chi connectivity index (χ1v) is 7.71. The van der Waals surface area contributed by atoms with Crippen molar-refractivity contribution in [2.24, 2.45) is 0 Å². The Morgan fingerprint density at radius 3 is 2.87 bits per heavy atom. The molecule has 5 nitrogen and oxygen atoms in total. The minimum absolute atomic E-state index is 0.0811. The van der Waals surface area contributed by atoms with Gasteiger partial charge in [0.2, 0.25) is 5.91 Å². The zero-order valence-electron chi connectivity index (χ0n) is 13.6. The molecule has 5 heteroatoms. The maximum atomic E-state index is 12.4. The van der Waals surface area contributed by atoms with E-state index in [0.29, 0.717) is 0 Å². The number of anilines is 1. The number of aromatic nitrogens is 3. The van der Waals surface area contributed by atoms with Crippen LogP contribution in [0, 0.1) is 6.92 Å². The van der Waals surface area contributed by atoms with Crippen molar-refractivity contribution in [3.8, 4) is 0 Å². The number of pyridine rings is 1. The average molecular weight is 308 g/mol. The Morgan fingerprint density at radius 1 is 1.26 bits per heavy atom. The molecule has 1 amide bonds. The van der Waals surface area contributed by atoms with Crippen LogP contribution in [0.3, 0.4) is 0 Å². The number of hydrogen-bond acceptors (Lipinski definition) is 3. The summed E-state index contributed by atoms with van der Waals surface area (Å²) >= 11 is 0. The maximum Gasteiger partial charge on any atom is 0.244 e. The van der Waals surface area contributed by atoms with Crippen molar-refractivity contribution in [2.75, 3.05) is 5.32 Å². The second-order valence-corrected chi connectivity index (χ2v) is 6.00. The number of carbonyl (C=O) groups excluding carboxylic acids is 1. The van der Waals surface area contributed by atoms with Gasteiger partial charge in [-0.3, -0.25) is 9.78 Å². The van der Waals surface area contributed by atoms with E-state index in [1.54, 1.807) is 12.4 Å². The summed E-state index contributed by atoms with van der Waals surface area (Å²) < 4.78 is 1.88. The average Bonchev–Trinajstić information content (AvgIpc) is 2.95. The fourth-order valence-electron chi connectivity index (χ4n) is 2.74. The minimum atomic E-state index is -0.0811. The Hall–Kier alpha value is -2.69. The van der Waals surface area contributed by atoms with Crippen molar-refractivity contribution >= 4 is 22.5 Å². The number of aryl methyl sites for hydroxylation is 1. The lowest BCUT2D eigenvalue weighted by Gasteiger charge is -2.12. The topological polar surface area (TPSA) is 59.8 Å². The Kier molecular flexibility index (Phi) is 4.10. The third-order valence-electron chi connectivity index (χ3n) is 3.70. The zero-order valence-corrected chi connectivity index (χ0v) is 13.6. The molecule has 1 aromatic carbocycles. The van der Waals surface area contributed by atoms with Gasteiger partial charge in [0.05, 0.1) is 11.2 Å². The summed E-state index contributed by atoms with van der Waals surface area (Å²) in [5, 5.41) is 4.00. The number of fused-ring (bicyclic) bond motifs is 1. The number of imidazole rings is 1. The third-order valence-corrected chi connectivity index (χ3v) is 3.70. The van der Waals surface area contributed by atoms with Crippen molar-refractivity contribution < 1.29 is 4.79 Å². The fraction of sp³-hybridized carbons (Fsp3) is 0.278. The van der Waals surface area contributed by atoms with E-state index in [1.165, 1.54) is 0 Å². The van der Waals surface area contributed by atoms with Crippen LogP contribution in [0.1, 0.15) is 31.2 Å². The molecule has 0 bridgehead atoms. The molecule has 0 radical (unpaired) electrons. The smallest absolute Gasteiger partial charge is 0.244 e. The van der Waals surface area contributed by atoms with Gasteiger partial charge < -0.3 is 9.88 Å². The quantitative estimate of drug-likeness (QED) is 0.802. The van der Waals surface area contributed by atoms with Crippen LogP contribution in [0.25, 0.3) is 10.9 Å². The van der Waals surface area contributed by atoms with Gasteiger partial charge in [-0.1, -0.05) is 19.9 Å². The first-order chi connectivity index (χ1) is 11.0. The molecular weight excluding hydrogens is 288 g/mol. The number of nitrogens with one attached hydrogen (secondary N) is 1. The van der Waals surface area contributed by atoms with Crippen molar-refractivity contribution in [2.45, 2.75) is 33.2 Å². The van der Waals surface area contributed by atoms with Crippen molar-refractivity contribution in [1.29, 1.82) is 0 Å². The van der Waals surface area contributed by atoms with E-state index >= 15 is 0 Å². The van der Waals surface area contributed by atoms with E-state index in [2.05, 4.69) is 35.2 Å². The lowest BCUT2D eigenvalue weighted by Crippen LogP contribution is -2.20. The Labute approximate surface area is 135 Å². The summed E-state index contributed by atoms with van der Waals surface area (Å²) in [4.78, 5) is 21.1. The molecule has 1 N–H and O–H groups in total. The fourth-order valence-corrected chi connectivity index (χ4v) is 2.74. The lowest BCUT2D eigenvalue weighted by atomic mass is 10.1. The molecule has 0 saturated heterocycles. The largest absolute Gasteiger partial charge is 0.325 e. The van der Waals surface area contributed by atoms with E-state index in [4.69, 9.17) is 0 Å². The van der Waals surface area contributed by atoms with Gasteiger partial charge in [-0.05, 0) is 30.7 Å². The summed E-state index contributed by atoms with van der Waals surface area (Å²) in [6.45, 7) is 6.38. The Bertz CT molecular complexity index is 851. The molecule has 0 unspecified atom stereocenters. The van der Waals surface area contributed by atoms with E-state index < -0.39 is 0 Å². The van der Waals surface area contributed by atoms with Crippen molar-refractivity contribution in [1.82, 2.24) is 14.5 Å². The first kappa shape index (κ1) is 15.2. The first-order valence-electron chi connectivity index (χ1n) is 7.71. The number of nitrogens with zero attached hydrogens (tertiary/aromatic N) is 3. The highest BCUT2D eigenvalue weighted by molar-refractivity contribution is 6.00. The second kappa shape index (κ2) is 6.20. The number of carbonyl (C=O) groups is 1. The standard InChI is InChI=1S/C18H20N4O/c1-12(2)18-20-7-8-22(18)11-16(23)21-15-10-13(3)9-14-5-4-6-19-17(14)15/h4-10,12H,11H2,1-3H3,(H,21,23). The molecule has 0 saturated carbocycles. The molecule has 23 heavy (non-hydrogen) atoms. The van der Waals surface area contributed by atoms with Gasteiger partial charge in [-0.2, -0.15) is 0 Å². The van der Waals surface area contributed by atoms with Gasteiger partial charge in [0, 0.05) is 29.9 Å². The Balaban J connectivity index is 1.84. The van der Waals surface area contributed by atoms with E-state index in [0.717, 1.165) is 28.0 Å². The highest BCUT2D eigenvalue weighted by Gasteiger charge is 2.12. The van der Waals surface area contributed by atoms with Crippen LogP contribution >= 0.6 is 0 Å². The maximum absolute atomic E-state index is 12.4. The molecule has 0 aliphatic heterocycles. The molecule has 118 valence electrons. The molecule has 0 fully saturated rings. The highest BCUT2D eigenvalue weighted by Crippen LogP contribution is 2.23. The summed E-state index contributed by atoms with van der Waals surface area (Å²) in [7, 11) is 0. The highest BCUT2D eigenvalue weighted by atomic mass is 16.1. The van der Waals surface area contributed by atoms with Gasteiger partial charge in [0.25, 0.3) is 0 Å². The molecule has 3 aromatic rings. The Morgan fingerprint density at radius 2 is 2.09 bits per heavy atom. The molecule has 2 heterocycles. The third kappa shape index (κ3) is 3.23. The van der Waals surface area contributed by atoms with Crippen molar-refractivity contribution in [3.05, 3.63) is 54.2 Å². The summed E-state index contributed by atoms with van der Waals surface area (Å²) in [5.74, 6) is 1.11. The molecule has 0 aliphatic rings. The van der Waals surface area contributed by atoms with Crippen LogP contribution in [-0.2, 0) is 11.3 Å². The predicted octanol–water partition coefficient (Wildman–Crippen LogP) is 3.50. The molecular formula is C18H20N4O. The monoisotopic (exact) mass is 308 g/mol. The lowest BCUT2D eigenvalue weighted by molar-refractivity contribution is -0.116. The van der Waals surface area contributed by atoms with Gasteiger partial charge in [0.1, 0.15) is 12.4 Å². The summed E-state index contributed by atoms with van der Waals surface area (Å²) in [5.41, 5.74) is 2.64. The van der Waals surface area contributed by atoms with Crippen LogP contribution in [0.5, 0.6) is 0 Å².